The molecule has 0 aliphatic carbocycles. The van der Waals surface area contributed by atoms with E-state index in [1.807, 2.05) is 0 Å². The quantitative estimate of drug-likeness (QED) is 0.777. The van der Waals surface area contributed by atoms with Crippen LogP contribution in [0.2, 0.25) is 5.15 Å². The van der Waals surface area contributed by atoms with Gasteiger partial charge >= 0.3 is 0 Å². The van der Waals surface area contributed by atoms with E-state index in [4.69, 9.17) is 17.3 Å². The highest BCUT2D eigenvalue weighted by molar-refractivity contribution is 6.29. The van der Waals surface area contributed by atoms with Crippen molar-refractivity contribution < 1.29 is 4.79 Å². The van der Waals surface area contributed by atoms with Crippen LogP contribution in [0.25, 0.3) is 0 Å². The largest absolute Gasteiger partial charge is 0.382 e. The van der Waals surface area contributed by atoms with Crippen LogP contribution in [0.3, 0.4) is 0 Å². The molecule has 8 heteroatoms. The van der Waals surface area contributed by atoms with E-state index in [0.29, 0.717) is 11.6 Å². The van der Waals surface area contributed by atoms with E-state index in [-0.39, 0.29) is 17.6 Å². The Morgan fingerprint density at radius 3 is 3.00 bits per heavy atom. The Kier molecular flexibility index (Phi) is 3.20. The number of nitrogen functional groups attached to an aromatic ring is 1. The normalized spacial score (nSPS) is 10.2. The van der Waals surface area contributed by atoms with Crippen molar-refractivity contribution in [2.45, 2.75) is 6.54 Å². The Balaban J connectivity index is 1.98. The highest BCUT2D eigenvalue weighted by Crippen LogP contribution is 2.08. The number of nitrogens with two attached hydrogens (primary N) is 1. The predicted octanol–water partition coefficient (Wildman–Crippen LogP) is 0.547. The lowest BCUT2D eigenvalue weighted by molar-refractivity contribution is -0.116. The Hall–Kier alpha value is -2.15. The van der Waals surface area contributed by atoms with Crippen molar-refractivity contribution in [1.29, 1.82) is 0 Å². The van der Waals surface area contributed by atoms with Crippen LogP contribution in [0.4, 0.5) is 11.6 Å². The second-order valence-electron chi connectivity index (χ2n) is 3.21. The summed E-state index contributed by atoms with van der Waals surface area (Å²) in [5.41, 5.74) is 5.43. The number of nitrogens with zero attached hydrogens (tertiary/aromatic N) is 4. The fraction of sp³-hybridized carbons (Fsp3) is 0.111. The first kappa shape index (κ1) is 11.3. The predicted molar refractivity (Wildman–Crippen MR) is 62.3 cm³/mol. The molecule has 0 spiro atoms. The number of hydrogen-bond donors (Lipinski definition) is 2. The summed E-state index contributed by atoms with van der Waals surface area (Å²) in [6.07, 6.45) is 2.88. The highest BCUT2D eigenvalue weighted by atomic mass is 35.5. The first-order valence-electron chi connectivity index (χ1n) is 4.70. The lowest BCUT2D eigenvalue weighted by Gasteiger charge is -2.04. The molecule has 17 heavy (non-hydrogen) atoms. The van der Waals surface area contributed by atoms with Gasteiger partial charge in [-0.25, -0.2) is 9.97 Å². The van der Waals surface area contributed by atoms with Crippen LogP contribution < -0.4 is 11.1 Å². The third-order valence-corrected chi connectivity index (χ3v) is 2.07. The zero-order valence-corrected chi connectivity index (χ0v) is 9.42. The molecule has 0 aliphatic rings. The van der Waals surface area contributed by atoms with Gasteiger partial charge in [-0.05, 0) is 6.07 Å². The van der Waals surface area contributed by atoms with Crippen molar-refractivity contribution in [3.8, 4) is 0 Å². The number of aromatic nitrogens is 4. The smallest absolute Gasteiger partial charge is 0.247 e. The second kappa shape index (κ2) is 4.79. The molecule has 3 N–H and O–H groups in total. The molecule has 88 valence electrons. The molecule has 2 aromatic heterocycles. The van der Waals surface area contributed by atoms with Crippen molar-refractivity contribution in [2.75, 3.05) is 11.1 Å². The van der Waals surface area contributed by atoms with E-state index in [1.165, 1.54) is 17.1 Å². The number of nitrogens with one attached hydrogen (secondary N) is 1. The van der Waals surface area contributed by atoms with Crippen molar-refractivity contribution in [2.24, 2.45) is 0 Å². The summed E-state index contributed by atoms with van der Waals surface area (Å²) in [6, 6.07) is 3.06. The van der Waals surface area contributed by atoms with Gasteiger partial charge in [0.2, 0.25) is 5.91 Å². The molecule has 7 nitrogen and oxygen atoms in total. The summed E-state index contributed by atoms with van der Waals surface area (Å²) in [5.74, 6) is 0.431. The summed E-state index contributed by atoms with van der Waals surface area (Å²) in [5, 5.41) is 6.71. The SMILES string of the molecule is Nc1ccn(CC(=O)Nc2cc(Cl)ncn2)n1. The Labute approximate surface area is 102 Å². The molecule has 2 heterocycles. The second-order valence-corrected chi connectivity index (χ2v) is 3.60. The minimum absolute atomic E-state index is 0.0544. The number of rotatable bonds is 3. The lowest BCUT2D eigenvalue weighted by atomic mass is 10.5. The van der Waals surface area contributed by atoms with E-state index < -0.39 is 0 Å². The number of anilines is 2. The van der Waals surface area contributed by atoms with Gasteiger partial charge in [-0.2, -0.15) is 5.10 Å². The number of hydrogen-bond acceptors (Lipinski definition) is 5. The summed E-state index contributed by atoms with van der Waals surface area (Å²) in [4.78, 5) is 19.1. The minimum Gasteiger partial charge on any atom is -0.382 e. The van der Waals surface area contributed by atoms with Gasteiger partial charge in [-0.1, -0.05) is 11.6 Å². The zero-order valence-electron chi connectivity index (χ0n) is 8.67. The van der Waals surface area contributed by atoms with E-state index in [1.54, 1.807) is 12.3 Å². The molecule has 2 rings (SSSR count). The maximum absolute atomic E-state index is 11.6. The van der Waals surface area contributed by atoms with Gasteiger partial charge in [0.05, 0.1) is 0 Å². The molecule has 0 bridgehead atoms. The minimum atomic E-state index is -0.275. The van der Waals surface area contributed by atoms with Crippen molar-refractivity contribution in [3.63, 3.8) is 0 Å². The number of amides is 1. The van der Waals surface area contributed by atoms with Crippen LogP contribution in [0.15, 0.2) is 24.7 Å². The first-order valence-corrected chi connectivity index (χ1v) is 5.07. The zero-order chi connectivity index (χ0) is 12.3. The summed E-state index contributed by atoms with van der Waals surface area (Å²) < 4.78 is 1.42. The van der Waals surface area contributed by atoms with E-state index in [9.17, 15) is 4.79 Å². The summed E-state index contributed by atoms with van der Waals surface area (Å²) in [6.45, 7) is 0.0544. The van der Waals surface area contributed by atoms with Gasteiger partial charge in [0, 0.05) is 12.3 Å². The molecule has 0 aliphatic heterocycles. The molecular weight excluding hydrogens is 244 g/mol. The topological polar surface area (TPSA) is 98.7 Å². The maximum atomic E-state index is 11.6. The molecular formula is C9H9ClN6O. The Morgan fingerprint density at radius 2 is 2.35 bits per heavy atom. The van der Waals surface area contributed by atoms with Crippen molar-refractivity contribution >= 4 is 29.1 Å². The fourth-order valence-electron chi connectivity index (χ4n) is 1.20. The van der Waals surface area contributed by atoms with Gasteiger partial charge in [0.1, 0.15) is 29.7 Å². The standard InChI is InChI=1S/C9H9ClN6O/c10-6-3-8(13-5-12-6)14-9(17)4-16-2-1-7(11)15-16/h1-3,5H,4H2,(H2,11,15)(H,12,13,14,17). The number of carbonyl (C=O) groups is 1. The monoisotopic (exact) mass is 252 g/mol. The molecule has 0 aromatic carbocycles. The van der Waals surface area contributed by atoms with Gasteiger partial charge < -0.3 is 11.1 Å². The lowest BCUT2D eigenvalue weighted by Crippen LogP contribution is -2.19. The van der Waals surface area contributed by atoms with Gasteiger partial charge in [-0.15, -0.1) is 0 Å². The molecule has 0 unspecified atom stereocenters. The van der Waals surface area contributed by atoms with E-state index >= 15 is 0 Å². The molecule has 1 amide bonds. The highest BCUT2D eigenvalue weighted by Gasteiger charge is 2.05. The molecule has 0 fully saturated rings. The van der Waals surface area contributed by atoms with Crippen molar-refractivity contribution in [1.82, 2.24) is 19.7 Å². The number of carbonyl (C=O) groups excluding carboxylic acids is 1. The molecule has 0 radical (unpaired) electrons. The van der Waals surface area contributed by atoms with E-state index in [0.717, 1.165) is 0 Å². The average molecular weight is 253 g/mol. The fourth-order valence-corrected chi connectivity index (χ4v) is 1.34. The summed E-state index contributed by atoms with van der Waals surface area (Å²) >= 11 is 5.66. The van der Waals surface area contributed by atoms with Crippen LogP contribution in [0.1, 0.15) is 0 Å². The average Bonchev–Trinajstić information content (AvgIpc) is 2.63. The third-order valence-electron chi connectivity index (χ3n) is 1.87. The number of halogens is 1. The van der Waals surface area contributed by atoms with Crippen LogP contribution in [0, 0.1) is 0 Å². The van der Waals surface area contributed by atoms with Gasteiger partial charge in [-0.3, -0.25) is 9.48 Å². The molecule has 0 saturated heterocycles. The Bertz CT molecular complexity index is 540. The van der Waals surface area contributed by atoms with Crippen LogP contribution in [-0.4, -0.2) is 25.7 Å². The van der Waals surface area contributed by atoms with Gasteiger partial charge in [0.15, 0.2) is 0 Å². The van der Waals surface area contributed by atoms with Crippen molar-refractivity contribution in [3.05, 3.63) is 29.8 Å². The molecule has 0 atom stereocenters. The van der Waals surface area contributed by atoms with Crippen LogP contribution >= 0.6 is 11.6 Å². The Morgan fingerprint density at radius 1 is 1.53 bits per heavy atom. The van der Waals surface area contributed by atoms with Crippen LogP contribution in [-0.2, 0) is 11.3 Å². The molecule has 0 saturated carbocycles. The van der Waals surface area contributed by atoms with Gasteiger partial charge in [0.25, 0.3) is 0 Å². The third kappa shape index (κ3) is 3.15. The first-order chi connectivity index (χ1) is 8.13. The maximum Gasteiger partial charge on any atom is 0.247 e. The van der Waals surface area contributed by atoms with Crippen LogP contribution in [0.5, 0.6) is 0 Å². The summed E-state index contributed by atoms with van der Waals surface area (Å²) in [7, 11) is 0. The molecule has 2 aromatic rings. The van der Waals surface area contributed by atoms with E-state index in [2.05, 4.69) is 20.4 Å².